The Hall–Kier alpha value is -3.77. The Labute approximate surface area is 337 Å². The predicted molar refractivity (Wildman–Crippen MR) is 213 cm³/mol. The Morgan fingerprint density at radius 2 is 1.79 bits per heavy atom. The summed E-state index contributed by atoms with van der Waals surface area (Å²) in [5.74, 6) is -2.03. The van der Waals surface area contributed by atoms with Crippen LogP contribution < -0.4 is 10.1 Å². The summed E-state index contributed by atoms with van der Waals surface area (Å²) in [6, 6.07) is 13.6. The third-order valence-electron chi connectivity index (χ3n) is 12.1. The largest absolute Gasteiger partial charge is 0.511 e. The van der Waals surface area contributed by atoms with Crippen molar-refractivity contribution in [2.45, 2.75) is 92.4 Å². The molecule has 9 atom stereocenters. The number of pyridine rings is 1. The van der Waals surface area contributed by atoms with E-state index in [1.807, 2.05) is 24.3 Å². The van der Waals surface area contributed by atoms with Gasteiger partial charge in [0.15, 0.2) is 11.6 Å². The molecule has 4 aliphatic heterocycles. The first-order chi connectivity index (χ1) is 27.5. The normalized spacial score (nSPS) is 32.2. The van der Waals surface area contributed by atoms with Crippen LogP contribution in [0.4, 0.5) is 5.82 Å². The van der Waals surface area contributed by atoms with Crippen LogP contribution in [0.25, 0.3) is 0 Å². The number of ether oxygens (including phenoxy) is 2. The number of aromatic nitrogens is 1. The number of nitrogens with one attached hydrogen (secondary N) is 1. The van der Waals surface area contributed by atoms with Crippen molar-refractivity contribution < 1.29 is 54.8 Å². The molecule has 1 fully saturated rings. The van der Waals surface area contributed by atoms with Crippen molar-refractivity contribution in [3.63, 3.8) is 0 Å². The van der Waals surface area contributed by atoms with Gasteiger partial charge in [0.1, 0.15) is 46.7 Å². The minimum Gasteiger partial charge on any atom is -0.511 e. The van der Waals surface area contributed by atoms with Gasteiger partial charge in [0.2, 0.25) is 6.29 Å². The van der Waals surface area contributed by atoms with E-state index >= 15 is 4.79 Å². The summed E-state index contributed by atoms with van der Waals surface area (Å²) in [6.45, 7) is -1.07. The zero-order valence-electron chi connectivity index (χ0n) is 31.0. The fourth-order valence-corrected chi connectivity index (χ4v) is 12.5. The van der Waals surface area contributed by atoms with E-state index in [9.17, 15) is 40.5 Å². The van der Waals surface area contributed by atoms with E-state index in [-0.39, 0.29) is 66.9 Å². The topological polar surface area (TPSA) is 219 Å². The molecule has 0 amide bonds. The Morgan fingerprint density at radius 1 is 0.982 bits per heavy atom. The fraction of sp³-hybridized carbons (Fsp3) is 0.452. The molecule has 5 heterocycles. The zero-order chi connectivity index (χ0) is 40.1. The molecule has 1 saturated heterocycles. The van der Waals surface area contributed by atoms with Gasteiger partial charge in [-0.15, -0.1) is 0 Å². The van der Waals surface area contributed by atoms with Crippen molar-refractivity contribution in [2.75, 3.05) is 18.5 Å². The van der Waals surface area contributed by atoms with Gasteiger partial charge < -0.3 is 50.5 Å². The summed E-state index contributed by atoms with van der Waals surface area (Å²) in [5, 5.41) is 80.2. The number of carbonyl (C=O) groups excluding carboxylic acids is 2. The lowest BCUT2D eigenvalue weighted by molar-refractivity contribution is -0.315. The molecule has 57 heavy (non-hydrogen) atoms. The van der Waals surface area contributed by atoms with Gasteiger partial charge in [-0.1, -0.05) is 64.1 Å². The smallest absolute Gasteiger partial charge is 0.229 e. The van der Waals surface area contributed by atoms with Gasteiger partial charge in [0.05, 0.1) is 30.1 Å². The highest BCUT2D eigenvalue weighted by Crippen LogP contribution is 2.58. The number of allylic oxidation sites excluding steroid dienone is 4. The molecular formula is C42H46N2O11S2. The molecule has 0 saturated carbocycles. The molecule has 1 aromatic heterocycles. The van der Waals surface area contributed by atoms with E-state index < -0.39 is 65.0 Å². The van der Waals surface area contributed by atoms with Crippen LogP contribution in [0.2, 0.25) is 0 Å². The molecule has 8 N–H and O–H groups in total. The molecule has 15 heteroatoms. The Balaban J connectivity index is 1.29. The minimum absolute atomic E-state index is 0.0315. The van der Waals surface area contributed by atoms with E-state index in [1.54, 1.807) is 18.3 Å². The van der Waals surface area contributed by atoms with Crippen molar-refractivity contribution in [1.29, 1.82) is 0 Å². The van der Waals surface area contributed by atoms with Crippen molar-refractivity contribution in [3.8, 4) is 5.75 Å². The van der Waals surface area contributed by atoms with E-state index in [2.05, 4.69) is 10.3 Å². The van der Waals surface area contributed by atoms with E-state index in [0.29, 0.717) is 36.2 Å². The Kier molecular flexibility index (Phi) is 11.3. The number of aliphatic hydroxyl groups excluding tert-OH is 6. The first-order valence-electron chi connectivity index (χ1n) is 19.2. The number of ketones is 2. The summed E-state index contributed by atoms with van der Waals surface area (Å²) < 4.78 is 12.1. The van der Waals surface area contributed by atoms with E-state index in [0.717, 1.165) is 16.7 Å². The van der Waals surface area contributed by atoms with Gasteiger partial charge in [-0.05, 0) is 91.0 Å². The molecule has 9 rings (SSSR count). The first kappa shape index (κ1) is 40.0. The predicted octanol–water partition coefficient (Wildman–Crippen LogP) is 3.58. The molecule has 1 spiro atoms. The van der Waals surface area contributed by atoms with Gasteiger partial charge in [-0.2, -0.15) is 0 Å². The monoisotopic (exact) mass is 818 g/mol. The standard InChI is InChI=1S/C42H46N2O11S2/c45-15-3-8-32-42-28(18-24(19-31(42)48)17-22-4-1-5-23(16-22)20-46)35(49)27-6-2-7-29(34(27)37(42)51)54-40-38(52)41(53,36(50)30(21-47)55-40)13-11-25-12-14-43-39-26(25)9-10-33(44-39)57-56-32/h1-2,4-7,12,14,16,18-19,28,30,32-33,36,38,40,45-48,50,52-53H,3,8-11,13,15,17,20-21H2,(H,43,44)/t28-,30-,32+,33+,36-,38+,40-,41+,42+/m1/s1. The maximum absolute atomic E-state index is 15.6. The van der Waals surface area contributed by atoms with Gasteiger partial charge in [0, 0.05) is 23.6 Å². The lowest BCUT2D eigenvalue weighted by Gasteiger charge is -2.49. The highest BCUT2D eigenvalue weighted by Gasteiger charge is 2.62. The van der Waals surface area contributed by atoms with Crippen LogP contribution in [0, 0.1) is 11.3 Å². The molecule has 8 bridgehead atoms. The van der Waals surface area contributed by atoms with E-state index in [4.69, 9.17) is 9.47 Å². The second-order valence-electron chi connectivity index (χ2n) is 15.4. The number of carbonyl (C=O) groups is 2. The van der Waals surface area contributed by atoms with Gasteiger partial charge in [-0.3, -0.25) is 9.59 Å². The second-order valence-corrected chi connectivity index (χ2v) is 18.1. The van der Waals surface area contributed by atoms with Crippen molar-refractivity contribution in [1.82, 2.24) is 4.98 Å². The van der Waals surface area contributed by atoms with Crippen molar-refractivity contribution in [3.05, 3.63) is 112 Å². The molecule has 302 valence electrons. The summed E-state index contributed by atoms with van der Waals surface area (Å²) in [7, 11) is 2.85. The lowest BCUT2D eigenvalue weighted by atomic mass is 9.57. The highest BCUT2D eigenvalue weighted by molar-refractivity contribution is 8.77. The minimum atomic E-state index is -2.23. The van der Waals surface area contributed by atoms with Crippen LogP contribution in [0.5, 0.6) is 5.75 Å². The summed E-state index contributed by atoms with van der Waals surface area (Å²) in [5.41, 5.74) is -0.263. The fourth-order valence-electron chi connectivity index (χ4n) is 9.08. The Morgan fingerprint density at radius 3 is 2.58 bits per heavy atom. The average molecular weight is 819 g/mol. The van der Waals surface area contributed by atoms with Crippen LogP contribution >= 0.6 is 21.6 Å². The number of hydrogen-bond acceptors (Lipinski definition) is 15. The number of aryl methyl sites for hydroxylation is 1. The quantitative estimate of drug-likeness (QED) is 0.160. The van der Waals surface area contributed by atoms with Crippen LogP contribution in [0.15, 0.2) is 78.2 Å². The third kappa shape index (κ3) is 6.90. The number of fused-ring (bicyclic) bond motifs is 4. The lowest BCUT2D eigenvalue weighted by Crippen LogP contribution is -2.68. The van der Waals surface area contributed by atoms with Crippen molar-refractivity contribution >= 4 is 39.0 Å². The van der Waals surface area contributed by atoms with Gasteiger partial charge in [-0.25, -0.2) is 4.98 Å². The molecule has 13 nitrogen and oxygen atoms in total. The number of anilines is 1. The van der Waals surface area contributed by atoms with Crippen LogP contribution in [-0.2, 0) is 30.6 Å². The SMILES string of the molecule is O=C1c2cccc3c2C(=O)[C@@]2(C(O)=CC(Cc4cccc(CO)c4)=C[C@H]12)[C@H](CCCO)SS[C@H]1CCc2c(ccnc2N1)CC[C@]1(O)[C@H](O)[C@@H](CO)O[C@@H](O3)[C@@H]1O. The van der Waals surface area contributed by atoms with Crippen LogP contribution in [-0.4, -0.2) is 106 Å². The molecule has 0 radical (unpaired) electrons. The van der Waals surface area contributed by atoms with Crippen LogP contribution in [0.1, 0.15) is 68.7 Å². The number of hydrogen-bond donors (Lipinski definition) is 8. The van der Waals surface area contributed by atoms with Gasteiger partial charge >= 0.3 is 0 Å². The number of Topliss-reactive ketones (excluding diaryl/α,β-unsaturated/α-hetero) is 2. The van der Waals surface area contributed by atoms with E-state index in [1.165, 1.54) is 45.9 Å². The number of benzene rings is 2. The molecule has 6 aliphatic rings. The van der Waals surface area contributed by atoms with Crippen LogP contribution in [0.3, 0.4) is 0 Å². The first-order valence-corrected chi connectivity index (χ1v) is 21.5. The number of aliphatic hydroxyl groups is 7. The Bertz CT molecular complexity index is 2110. The molecule has 2 aromatic carbocycles. The third-order valence-corrected chi connectivity index (χ3v) is 15.3. The zero-order valence-corrected chi connectivity index (χ0v) is 32.6. The second kappa shape index (κ2) is 16.1. The average Bonchev–Trinajstić information content (AvgIpc) is 3.22. The molecule has 0 unspecified atom stereocenters. The number of nitrogens with zero attached hydrogens (tertiary/aromatic N) is 1. The molecular weight excluding hydrogens is 773 g/mol. The van der Waals surface area contributed by atoms with Crippen molar-refractivity contribution in [2.24, 2.45) is 11.3 Å². The molecule has 2 aliphatic carbocycles. The summed E-state index contributed by atoms with van der Waals surface area (Å²) in [4.78, 5) is 35.1. The summed E-state index contributed by atoms with van der Waals surface area (Å²) >= 11 is 0. The molecule has 3 aromatic rings. The summed E-state index contributed by atoms with van der Waals surface area (Å²) in [6.07, 6.45) is 0.459. The van der Waals surface area contributed by atoms with Gasteiger partial charge in [0.25, 0.3) is 0 Å². The number of rotatable bonds is 7. The highest BCUT2D eigenvalue weighted by atomic mass is 33.1. The maximum Gasteiger partial charge on any atom is 0.229 e. The maximum atomic E-state index is 15.6.